The summed E-state index contributed by atoms with van der Waals surface area (Å²) in [7, 11) is 0. The number of aliphatic hydroxyl groups excluding tert-OH is 1. The predicted molar refractivity (Wildman–Crippen MR) is 118 cm³/mol. The van der Waals surface area contributed by atoms with Gasteiger partial charge in [-0.1, -0.05) is 6.07 Å². The third kappa shape index (κ3) is 3.71. The predicted octanol–water partition coefficient (Wildman–Crippen LogP) is 2.71. The number of likely N-dealkylation sites (tertiary alicyclic amines) is 2. The molecule has 1 N–H and O–H groups in total. The van der Waals surface area contributed by atoms with Crippen LogP contribution in [-0.2, 0) is 20.9 Å². The first-order valence-corrected chi connectivity index (χ1v) is 11.7. The summed E-state index contributed by atoms with van der Waals surface area (Å²) in [5.74, 6) is -0.445. The van der Waals surface area contributed by atoms with Gasteiger partial charge < -0.3 is 24.4 Å². The highest BCUT2D eigenvalue weighted by atomic mass is 16.5. The zero-order valence-electron chi connectivity index (χ0n) is 19.0. The standard InChI is InChI=1S/C25H32N2O5/c1-16-18(3-4-19-20(16)14-31-24(19)30)22(28)13-26-9-5-25(6-10-26)7-11-27(12-8-25)21-15-32-23(29)17(21)2/h3-4,22,28H,5-15H2,1-2H3/t22-/m0/s1. The summed E-state index contributed by atoms with van der Waals surface area (Å²) in [6.07, 6.45) is 4.01. The molecule has 1 aromatic carbocycles. The van der Waals surface area contributed by atoms with E-state index in [1.165, 1.54) is 0 Å². The van der Waals surface area contributed by atoms with Crippen LogP contribution in [0.5, 0.6) is 0 Å². The average molecular weight is 441 g/mol. The topological polar surface area (TPSA) is 79.3 Å². The number of fused-ring (bicyclic) bond motifs is 1. The molecular weight excluding hydrogens is 408 g/mol. The SMILES string of the molecule is CC1=C(N2CCC3(CCN(C[C@H](O)c4ccc5c(c4C)COC5=O)CC3)CC2)COC1=O. The lowest BCUT2D eigenvalue weighted by atomic mass is 9.71. The number of carbonyl (C=O) groups excluding carboxylic acids is 2. The van der Waals surface area contributed by atoms with Crippen LogP contribution in [0, 0.1) is 12.3 Å². The van der Waals surface area contributed by atoms with Gasteiger partial charge >= 0.3 is 11.9 Å². The maximum atomic E-state index is 11.8. The van der Waals surface area contributed by atoms with E-state index >= 15 is 0 Å². The lowest BCUT2D eigenvalue weighted by Crippen LogP contribution is -2.47. The van der Waals surface area contributed by atoms with Crippen LogP contribution in [0.3, 0.4) is 0 Å². The Labute approximate surface area is 189 Å². The molecule has 0 aliphatic carbocycles. The fraction of sp³-hybridized carbons (Fsp3) is 0.600. The first kappa shape index (κ1) is 21.5. The van der Waals surface area contributed by atoms with Crippen LogP contribution in [-0.4, -0.2) is 66.2 Å². The number of ether oxygens (including phenoxy) is 2. The van der Waals surface area contributed by atoms with Crippen LogP contribution < -0.4 is 0 Å². The molecule has 0 radical (unpaired) electrons. The second kappa shape index (κ2) is 8.19. The first-order valence-electron chi connectivity index (χ1n) is 11.7. The van der Waals surface area contributed by atoms with Crippen molar-refractivity contribution in [3.05, 3.63) is 45.7 Å². The average Bonchev–Trinajstić information content (AvgIpc) is 3.34. The highest BCUT2D eigenvalue weighted by molar-refractivity contribution is 5.94. The Morgan fingerprint density at radius 1 is 0.969 bits per heavy atom. The fourth-order valence-corrected chi connectivity index (χ4v) is 5.83. The van der Waals surface area contributed by atoms with E-state index in [2.05, 4.69) is 9.80 Å². The zero-order valence-corrected chi connectivity index (χ0v) is 19.0. The van der Waals surface area contributed by atoms with Gasteiger partial charge in [-0.2, -0.15) is 0 Å². The molecule has 0 aromatic heterocycles. The van der Waals surface area contributed by atoms with Crippen molar-refractivity contribution in [3.63, 3.8) is 0 Å². The number of hydrogen-bond donors (Lipinski definition) is 1. The third-order valence-electron chi connectivity index (χ3n) is 8.20. The highest BCUT2D eigenvalue weighted by Crippen LogP contribution is 2.43. The number of benzene rings is 1. The smallest absolute Gasteiger partial charge is 0.338 e. The second-order valence-electron chi connectivity index (χ2n) is 9.83. The van der Waals surface area contributed by atoms with E-state index in [9.17, 15) is 14.7 Å². The Kier molecular flexibility index (Phi) is 5.50. The Balaban J connectivity index is 1.16. The maximum absolute atomic E-state index is 11.8. The van der Waals surface area contributed by atoms with E-state index < -0.39 is 6.10 Å². The van der Waals surface area contributed by atoms with Crippen molar-refractivity contribution in [2.45, 2.75) is 52.2 Å². The third-order valence-corrected chi connectivity index (χ3v) is 8.20. The minimum Gasteiger partial charge on any atom is -0.457 e. The molecule has 0 amide bonds. The van der Waals surface area contributed by atoms with Crippen molar-refractivity contribution >= 4 is 11.9 Å². The van der Waals surface area contributed by atoms with Gasteiger partial charge in [0, 0.05) is 25.2 Å². The molecule has 172 valence electrons. The Bertz CT molecular complexity index is 967. The normalized spacial score (nSPS) is 24.0. The largest absolute Gasteiger partial charge is 0.457 e. The molecule has 0 saturated carbocycles. The Morgan fingerprint density at radius 2 is 1.62 bits per heavy atom. The summed E-state index contributed by atoms with van der Waals surface area (Å²) in [4.78, 5) is 28.2. The number of esters is 2. The van der Waals surface area contributed by atoms with Crippen LogP contribution in [0.2, 0.25) is 0 Å². The van der Waals surface area contributed by atoms with Gasteiger partial charge in [0.05, 0.1) is 22.9 Å². The van der Waals surface area contributed by atoms with Crippen molar-refractivity contribution in [2.75, 3.05) is 39.3 Å². The first-order chi connectivity index (χ1) is 15.4. The van der Waals surface area contributed by atoms with Gasteiger partial charge in [0.15, 0.2) is 0 Å². The van der Waals surface area contributed by atoms with Crippen molar-refractivity contribution in [3.8, 4) is 0 Å². The van der Waals surface area contributed by atoms with E-state index in [1.807, 2.05) is 19.9 Å². The molecule has 4 aliphatic rings. The number of β-amino-alcohol motifs (C(OH)–C–C–N with tert-alkyl or cyclic N) is 1. The molecule has 2 fully saturated rings. The van der Waals surface area contributed by atoms with Gasteiger partial charge in [-0.15, -0.1) is 0 Å². The van der Waals surface area contributed by atoms with Gasteiger partial charge in [-0.25, -0.2) is 9.59 Å². The van der Waals surface area contributed by atoms with Crippen LogP contribution in [0.25, 0.3) is 0 Å². The second-order valence-corrected chi connectivity index (χ2v) is 9.83. The zero-order chi connectivity index (χ0) is 22.5. The van der Waals surface area contributed by atoms with E-state index in [0.29, 0.717) is 30.7 Å². The molecule has 1 atom stereocenters. The molecule has 0 unspecified atom stereocenters. The van der Waals surface area contributed by atoms with E-state index in [4.69, 9.17) is 9.47 Å². The van der Waals surface area contributed by atoms with Gasteiger partial charge in [-0.05, 0) is 75.2 Å². The lowest BCUT2D eigenvalue weighted by molar-refractivity contribution is -0.136. The van der Waals surface area contributed by atoms with Gasteiger partial charge in [0.25, 0.3) is 0 Å². The van der Waals surface area contributed by atoms with E-state index in [-0.39, 0.29) is 11.9 Å². The monoisotopic (exact) mass is 440 g/mol. The van der Waals surface area contributed by atoms with Crippen molar-refractivity contribution < 1.29 is 24.2 Å². The van der Waals surface area contributed by atoms with Crippen LogP contribution in [0.15, 0.2) is 23.4 Å². The summed E-state index contributed by atoms with van der Waals surface area (Å²) in [6, 6.07) is 3.66. The minimum absolute atomic E-state index is 0.176. The lowest BCUT2D eigenvalue weighted by Gasteiger charge is -2.48. The molecular formula is C25H32N2O5. The summed E-state index contributed by atoms with van der Waals surface area (Å²) in [5, 5.41) is 10.9. The summed E-state index contributed by atoms with van der Waals surface area (Å²) in [6.45, 7) is 9.14. The number of carbonyl (C=O) groups is 2. The molecule has 1 spiro atoms. The van der Waals surface area contributed by atoms with E-state index in [0.717, 1.165) is 79.8 Å². The van der Waals surface area contributed by atoms with Crippen LogP contribution in [0.1, 0.15) is 65.8 Å². The number of hydrogen-bond acceptors (Lipinski definition) is 7. The number of rotatable bonds is 4. The number of nitrogens with zero attached hydrogens (tertiary/aromatic N) is 2. The maximum Gasteiger partial charge on any atom is 0.338 e. The molecule has 32 heavy (non-hydrogen) atoms. The molecule has 4 heterocycles. The number of aliphatic hydroxyl groups is 1. The number of piperidine rings is 2. The highest BCUT2D eigenvalue weighted by Gasteiger charge is 2.39. The molecule has 2 saturated heterocycles. The molecule has 4 aliphatic heterocycles. The van der Waals surface area contributed by atoms with Crippen molar-refractivity contribution in [1.29, 1.82) is 0 Å². The fourth-order valence-electron chi connectivity index (χ4n) is 5.83. The van der Waals surface area contributed by atoms with Gasteiger partial charge in [-0.3, -0.25) is 0 Å². The summed E-state index contributed by atoms with van der Waals surface area (Å²) in [5.41, 5.74) is 5.62. The molecule has 7 nitrogen and oxygen atoms in total. The molecule has 5 rings (SSSR count). The number of cyclic esters (lactones) is 2. The minimum atomic E-state index is -0.568. The molecule has 1 aromatic rings. The van der Waals surface area contributed by atoms with Crippen molar-refractivity contribution in [2.24, 2.45) is 5.41 Å². The van der Waals surface area contributed by atoms with Crippen LogP contribution >= 0.6 is 0 Å². The van der Waals surface area contributed by atoms with Crippen molar-refractivity contribution in [1.82, 2.24) is 9.80 Å². The van der Waals surface area contributed by atoms with Crippen LogP contribution in [0.4, 0.5) is 0 Å². The quantitative estimate of drug-likeness (QED) is 0.721. The summed E-state index contributed by atoms with van der Waals surface area (Å²) < 4.78 is 10.3. The van der Waals surface area contributed by atoms with E-state index in [1.54, 1.807) is 6.07 Å². The Hall–Kier alpha value is -2.38. The van der Waals surface area contributed by atoms with Gasteiger partial charge in [0.2, 0.25) is 0 Å². The molecule has 0 bridgehead atoms. The Morgan fingerprint density at radius 3 is 2.28 bits per heavy atom. The summed E-state index contributed by atoms with van der Waals surface area (Å²) >= 11 is 0. The van der Waals surface area contributed by atoms with Gasteiger partial charge in [0.1, 0.15) is 13.2 Å². The molecule has 7 heteroatoms.